The molecule has 0 bridgehead atoms. The molecule has 0 aliphatic carbocycles. The Morgan fingerprint density at radius 2 is 2.07 bits per heavy atom. The van der Waals surface area contributed by atoms with Gasteiger partial charge in [-0.3, -0.25) is 4.79 Å². The van der Waals surface area contributed by atoms with Crippen LogP contribution in [0.5, 0.6) is 0 Å². The molecule has 0 unspecified atom stereocenters. The largest absolute Gasteiger partial charge is 0.370 e. The van der Waals surface area contributed by atoms with Gasteiger partial charge in [0.05, 0.1) is 6.61 Å². The predicted molar refractivity (Wildman–Crippen MR) is 60.4 cm³/mol. The number of amides is 1. The van der Waals surface area contributed by atoms with Crippen LogP contribution in [0.1, 0.15) is 5.56 Å². The summed E-state index contributed by atoms with van der Waals surface area (Å²) in [4.78, 5) is 13.3. The number of morpholine rings is 1. The molecule has 3 nitrogen and oxygen atoms in total. The molecule has 1 aromatic carbocycles. The van der Waals surface area contributed by atoms with Crippen molar-refractivity contribution in [3.63, 3.8) is 0 Å². The molecule has 1 fully saturated rings. The lowest BCUT2D eigenvalue weighted by atomic mass is 10.2. The number of carbonyl (C=O) groups excluding carboxylic acids is 1. The van der Waals surface area contributed by atoms with Gasteiger partial charge < -0.3 is 9.64 Å². The molecular formula is C11H12BrNO2. The average Bonchev–Trinajstić information content (AvgIpc) is 2.25. The van der Waals surface area contributed by atoms with Crippen LogP contribution in [0.25, 0.3) is 0 Å². The van der Waals surface area contributed by atoms with Gasteiger partial charge in [-0.25, -0.2) is 0 Å². The van der Waals surface area contributed by atoms with Gasteiger partial charge in [0, 0.05) is 17.6 Å². The zero-order valence-corrected chi connectivity index (χ0v) is 9.87. The third kappa shape index (κ3) is 2.79. The number of hydrogen-bond donors (Lipinski definition) is 0. The van der Waals surface area contributed by atoms with E-state index in [2.05, 4.69) is 15.9 Å². The maximum Gasteiger partial charge on any atom is 0.248 e. The lowest BCUT2D eigenvalue weighted by molar-refractivity contribution is -0.143. The average molecular weight is 270 g/mol. The van der Waals surface area contributed by atoms with Crippen LogP contribution >= 0.6 is 15.9 Å². The van der Waals surface area contributed by atoms with Gasteiger partial charge in [0.2, 0.25) is 5.91 Å². The quantitative estimate of drug-likeness (QED) is 0.820. The summed E-state index contributed by atoms with van der Waals surface area (Å²) in [5, 5.41) is 0. The van der Waals surface area contributed by atoms with Crippen molar-refractivity contribution in [3.8, 4) is 0 Å². The summed E-state index contributed by atoms with van der Waals surface area (Å²) in [6.45, 7) is 2.23. The molecule has 4 heteroatoms. The van der Waals surface area contributed by atoms with Gasteiger partial charge in [-0.05, 0) is 17.7 Å². The second-order valence-corrected chi connectivity index (χ2v) is 4.41. The molecule has 0 spiro atoms. The summed E-state index contributed by atoms with van der Waals surface area (Å²) in [5.41, 5.74) is 1.15. The molecule has 0 saturated carbocycles. The van der Waals surface area contributed by atoms with Crippen LogP contribution in [0.15, 0.2) is 28.7 Å². The van der Waals surface area contributed by atoms with E-state index in [-0.39, 0.29) is 12.5 Å². The number of nitrogens with zero attached hydrogens (tertiary/aromatic N) is 1. The second kappa shape index (κ2) is 4.77. The zero-order valence-electron chi connectivity index (χ0n) is 8.28. The van der Waals surface area contributed by atoms with E-state index in [9.17, 15) is 4.79 Å². The van der Waals surface area contributed by atoms with Crippen LogP contribution in [0.3, 0.4) is 0 Å². The van der Waals surface area contributed by atoms with Crippen molar-refractivity contribution in [2.24, 2.45) is 0 Å². The van der Waals surface area contributed by atoms with Crippen molar-refractivity contribution in [2.75, 3.05) is 19.8 Å². The van der Waals surface area contributed by atoms with Crippen molar-refractivity contribution in [1.29, 1.82) is 0 Å². The topological polar surface area (TPSA) is 29.5 Å². The molecule has 80 valence electrons. The smallest absolute Gasteiger partial charge is 0.248 e. The van der Waals surface area contributed by atoms with E-state index in [1.54, 1.807) is 0 Å². The molecule has 1 aliphatic heterocycles. The highest BCUT2D eigenvalue weighted by molar-refractivity contribution is 9.10. The third-order valence-electron chi connectivity index (χ3n) is 2.37. The van der Waals surface area contributed by atoms with E-state index in [4.69, 9.17) is 4.74 Å². The van der Waals surface area contributed by atoms with Crippen molar-refractivity contribution >= 4 is 21.8 Å². The zero-order chi connectivity index (χ0) is 10.7. The van der Waals surface area contributed by atoms with Gasteiger partial charge in [-0.2, -0.15) is 0 Å². The van der Waals surface area contributed by atoms with Crippen molar-refractivity contribution in [3.05, 3.63) is 34.3 Å². The van der Waals surface area contributed by atoms with Crippen LogP contribution < -0.4 is 0 Å². The molecule has 1 saturated heterocycles. The fraction of sp³-hybridized carbons (Fsp3) is 0.364. The van der Waals surface area contributed by atoms with E-state index in [0.717, 1.165) is 10.0 Å². The van der Waals surface area contributed by atoms with Gasteiger partial charge in [0.1, 0.15) is 6.61 Å². The molecule has 1 amide bonds. The monoisotopic (exact) mass is 269 g/mol. The first-order valence-corrected chi connectivity index (χ1v) is 5.65. The Bertz CT molecular complexity index is 350. The maximum atomic E-state index is 11.5. The molecule has 15 heavy (non-hydrogen) atoms. The minimum atomic E-state index is 0.0733. The first-order valence-electron chi connectivity index (χ1n) is 4.85. The van der Waals surface area contributed by atoms with Gasteiger partial charge in [-0.1, -0.05) is 28.1 Å². The highest BCUT2D eigenvalue weighted by Crippen LogP contribution is 2.13. The lowest BCUT2D eigenvalue weighted by Crippen LogP contribution is -2.40. The van der Waals surface area contributed by atoms with E-state index in [0.29, 0.717) is 19.7 Å². The van der Waals surface area contributed by atoms with E-state index in [1.807, 2.05) is 29.2 Å². The first-order chi connectivity index (χ1) is 7.25. The fourth-order valence-corrected chi connectivity index (χ4v) is 1.79. The van der Waals surface area contributed by atoms with Gasteiger partial charge in [-0.15, -0.1) is 0 Å². The molecule has 1 aliphatic rings. The van der Waals surface area contributed by atoms with Crippen molar-refractivity contribution in [1.82, 2.24) is 4.90 Å². The van der Waals surface area contributed by atoms with Crippen LogP contribution in [-0.4, -0.2) is 30.6 Å². The molecular weight excluding hydrogens is 258 g/mol. The number of halogens is 1. The SMILES string of the molecule is O=C1COCCN1Cc1ccc(Br)cc1. The van der Waals surface area contributed by atoms with Crippen molar-refractivity contribution < 1.29 is 9.53 Å². The molecule has 0 atom stereocenters. The fourth-order valence-electron chi connectivity index (χ4n) is 1.53. The van der Waals surface area contributed by atoms with Crippen LogP contribution in [-0.2, 0) is 16.1 Å². The second-order valence-electron chi connectivity index (χ2n) is 3.49. The Kier molecular flexibility index (Phi) is 3.38. The molecule has 2 rings (SSSR count). The lowest BCUT2D eigenvalue weighted by Gasteiger charge is -2.26. The Morgan fingerprint density at radius 3 is 2.73 bits per heavy atom. The van der Waals surface area contributed by atoms with E-state index >= 15 is 0 Å². The van der Waals surface area contributed by atoms with Crippen LogP contribution in [0.2, 0.25) is 0 Å². The molecule has 1 heterocycles. The summed E-state index contributed by atoms with van der Waals surface area (Å²) in [6, 6.07) is 8.01. The number of rotatable bonds is 2. The number of benzene rings is 1. The Balaban J connectivity index is 2.01. The van der Waals surface area contributed by atoms with Gasteiger partial charge >= 0.3 is 0 Å². The Morgan fingerprint density at radius 1 is 1.33 bits per heavy atom. The molecule has 1 aromatic rings. The van der Waals surface area contributed by atoms with Crippen LogP contribution in [0, 0.1) is 0 Å². The Labute approximate surface area is 97.2 Å². The number of hydrogen-bond acceptors (Lipinski definition) is 2. The molecule has 0 aromatic heterocycles. The van der Waals surface area contributed by atoms with Crippen LogP contribution in [0.4, 0.5) is 0 Å². The number of ether oxygens (including phenoxy) is 1. The minimum absolute atomic E-state index is 0.0733. The highest BCUT2D eigenvalue weighted by Gasteiger charge is 2.18. The van der Waals surface area contributed by atoms with Crippen molar-refractivity contribution in [2.45, 2.75) is 6.54 Å². The Hall–Kier alpha value is -0.870. The third-order valence-corrected chi connectivity index (χ3v) is 2.90. The maximum absolute atomic E-state index is 11.5. The summed E-state index contributed by atoms with van der Waals surface area (Å²) in [7, 11) is 0. The van der Waals surface area contributed by atoms with Gasteiger partial charge in [0.15, 0.2) is 0 Å². The molecule has 0 N–H and O–H groups in total. The van der Waals surface area contributed by atoms with E-state index in [1.165, 1.54) is 0 Å². The summed E-state index contributed by atoms with van der Waals surface area (Å²) >= 11 is 3.38. The standard InChI is InChI=1S/C11H12BrNO2/c12-10-3-1-9(2-4-10)7-13-5-6-15-8-11(13)14/h1-4H,5-8H2. The minimum Gasteiger partial charge on any atom is -0.370 e. The summed E-state index contributed by atoms with van der Waals surface area (Å²) in [5.74, 6) is 0.0733. The molecule has 0 radical (unpaired) electrons. The highest BCUT2D eigenvalue weighted by atomic mass is 79.9. The first kappa shape index (κ1) is 10.6. The summed E-state index contributed by atoms with van der Waals surface area (Å²) < 4.78 is 6.13. The van der Waals surface area contributed by atoms with E-state index < -0.39 is 0 Å². The predicted octanol–water partition coefficient (Wildman–Crippen LogP) is 1.81. The summed E-state index contributed by atoms with van der Waals surface area (Å²) in [6.07, 6.45) is 0. The number of carbonyl (C=O) groups is 1. The normalized spacial score (nSPS) is 16.9. The van der Waals surface area contributed by atoms with Gasteiger partial charge in [0.25, 0.3) is 0 Å².